The van der Waals surface area contributed by atoms with E-state index < -0.39 is 6.10 Å². The monoisotopic (exact) mass is 336 g/mol. The molecule has 0 saturated heterocycles. The molecule has 0 spiro atoms. The van der Waals surface area contributed by atoms with Gasteiger partial charge in [0.25, 0.3) is 0 Å². The molecule has 1 aromatic heterocycles. The van der Waals surface area contributed by atoms with Crippen LogP contribution < -0.4 is 4.74 Å². The van der Waals surface area contributed by atoms with E-state index in [1.165, 1.54) is 24.0 Å². The summed E-state index contributed by atoms with van der Waals surface area (Å²) in [5, 5.41) is 10.7. The standard InChI is InChI=1S/C22H24O3/c1-15(23)21-13-19-9-6-17(12-22(19)25-21)3-2-16-7-10-20(11-8-16)24-14-18-4-5-18/h6-13,15,18,23H,2-5,14H2,1H3. The van der Waals surface area contributed by atoms with E-state index in [1.54, 1.807) is 6.92 Å². The van der Waals surface area contributed by atoms with Gasteiger partial charge in [-0.25, -0.2) is 0 Å². The first-order valence-corrected chi connectivity index (χ1v) is 9.09. The van der Waals surface area contributed by atoms with Crippen LogP contribution in [0.2, 0.25) is 0 Å². The van der Waals surface area contributed by atoms with Crippen LogP contribution in [-0.2, 0) is 12.8 Å². The summed E-state index contributed by atoms with van der Waals surface area (Å²) in [4.78, 5) is 0. The van der Waals surface area contributed by atoms with Crippen LogP contribution in [0.4, 0.5) is 0 Å². The van der Waals surface area contributed by atoms with Crippen LogP contribution in [0.15, 0.2) is 52.9 Å². The highest BCUT2D eigenvalue weighted by molar-refractivity contribution is 5.78. The number of hydrogen-bond donors (Lipinski definition) is 1. The molecule has 1 atom stereocenters. The van der Waals surface area contributed by atoms with E-state index in [1.807, 2.05) is 6.07 Å². The van der Waals surface area contributed by atoms with E-state index in [9.17, 15) is 5.11 Å². The van der Waals surface area contributed by atoms with Crippen molar-refractivity contribution >= 4 is 11.0 Å². The lowest BCUT2D eigenvalue weighted by atomic mass is 10.0. The number of aryl methyl sites for hydroxylation is 2. The Bertz CT molecular complexity index is 841. The third kappa shape index (κ3) is 4.05. The highest BCUT2D eigenvalue weighted by atomic mass is 16.5. The molecule has 3 nitrogen and oxygen atoms in total. The number of hydrogen-bond acceptors (Lipinski definition) is 3. The van der Waals surface area contributed by atoms with E-state index in [4.69, 9.17) is 9.15 Å². The molecule has 4 rings (SSSR count). The lowest BCUT2D eigenvalue weighted by Gasteiger charge is -2.07. The van der Waals surface area contributed by atoms with Crippen molar-refractivity contribution in [2.75, 3.05) is 6.61 Å². The minimum atomic E-state index is -0.573. The molecule has 3 heteroatoms. The fraction of sp³-hybridized carbons (Fsp3) is 0.364. The van der Waals surface area contributed by atoms with Gasteiger partial charge >= 0.3 is 0 Å². The highest BCUT2D eigenvalue weighted by Gasteiger charge is 2.21. The SMILES string of the molecule is CC(O)c1cc2ccc(CCc3ccc(OCC4CC4)cc3)cc2o1. The molecular formula is C22H24O3. The summed E-state index contributed by atoms with van der Waals surface area (Å²) < 4.78 is 11.5. The number of fused-ring (bicyclic) bond motifs is 1. The van der Waals surface area contributed by atoms with Crippen molar-refractivity contribution in [1.82, 2.24) is 0 Å². The fourth-order valence-corrected chi connectivity index (χ4v) is 3.00. The molecule has 0 radical (unpaired) electrons. The van der Waals surface area contributed by atoms with Gasteiger partial charge in [-0.05, 0) is 73.9 Å². The summed E-state index contributed by atoms with van der Waals surface area (Å²) in [6, 6.07) is 16.6. The predicted molar refractivity (Wildman–Crippen MR) is 98.9 cm³/mol. The highest BCUT2D eigenvalue weighted by Crippen LogP contribution is 2.29. The van der Waals surface area contributed by atoms with Crippen molar-refractivity contribution in [3.05, 3.63) is 65.4 Å². The van der Waals surface area contributed by atoms with E-state index in [0.29, 0.717) is 5.76 Å². The number of aliphatic hydroxyl groups excluding tert-OH is 1. The van der Waals surface area contributed by atoms with Gasteiger partial charge in [0.2, 0.25) is 0 Å². The van der Waals surface area contributed by atoms with Crippen LogP contribution in [0.1, 0.15) is 42.8 Å². The number of furan rings is 1. The summed E-state index contributed by atoms with van der Waals surface area (Å²) in [6.45, 7) is 2.58. The van der Waals surface area contributed by atoms with Gasteiger partial charge in [0.15, 0.2) is 0 Å². The molecule has 130 valence electrons. The molecule has 1 aliphatic carbocycles. The number of aliphatic hydroxyl groups is 1. The first-order chi connectivity index (χ1) is 12.2. The van der Waals surface area contributed by atoms with E-state index in [2.05, 4.69) is 42.5 Å². The van der Waals surface area contributed by atoms with Crippen LogP contribution in [-0.4, -0.2) is 11.7 Å². The summed E-state index contributed by atoms with van der Waals surface area (Å²) in [7, 11) is 0. The Morgan fingerprint density at radius 1 is 1.04 bits per heavy atom. The van der Waals surface area contributed by atoms with Gasteiger partial charge in [-0.2, -0.15) is 0 Å². The summed E-state index contributed by atoms with van der Waals surface area (Å²) in [5.41, 5.74) is 3.40. The number of rotatable bonds is 7. The quantitative estimate of drug-likeness (QED) is 0.656. The Labute approximate surface area is 148 Å². The Balaban J connectivity index is 1.37. The van der Waals surface area contributed by atoms with Crippen molar-refractivity contribution in [3.8, 4) is 5.75 Å². The minimum absolute atomic E-state index is 0.573. The van der Waals surface area contributed by atoms with E-state index in [-0.39, 0.29) is 0 Å². The van der Waals surface area contributed by atoms with Gasteiger partial charge < -0.3 is 14.3 Å². The molecule has 0 aliphatic heterocycles. The Hall–Kier alpha value is -2.26. The van der Waals surface area contributed by atoms with Crippen molar-refractivity contribution in [1.29, 1.82) is 0 Å². The molecule has 1 aliphatic rings. The smallest absolute Gasteiger partial charge is 0.134 e. The van der Waals surface area contributed by atoms with Gasteiger partial charge in [-0.3, -0.25) is 0 Å². The Morgan fingerprint density at radius 2 is 1.76 bits per heavy atom. The number of ether oxygens (including phenoxy) is 1. The molecule has 3 aromatic rings. The predicted octanol–water partition coefficient (Wildman–Crippen LogP) is 5.06. The van der Waals surface area contributed by atoms with Crippen LogP contribution >= 0.6 is 0 Å². The molecule has 0 bridgehead atoms. The van der Waals surface area contributed by atoms with Gasteiger partial charge in [-0.1, -0.05) is 24.3 Å². The third-order valence-corrected chi connectivity index (χ3v) is 4.82. The zero-order valence-electron chi connectivity index (χ0n) is 14.6. The van der Waals surface area contributed by atoms with Gasteiger partial charge in [0, 0.05) is 5.39 Å². The maximum absolute atomic E-state index is 9.64. The van der Waals surface area contributed by atoms with Gasteiger partial charge in [-0.15, -0.1) is 0 Å². The zero-order chi connectivity index (χ0) is 17.2. The molecule has 1 fully saturated rings. The molecule has 25 heavy (non-hydrogen) atoms. The minimum Gasteiger partial charge on any atom is -0.493 e. The van der Waals surface area contributed by atoms with Crippen molar-refractivity contribution in [3.63, 3.8) is 0 Å². The average molecular weight is 336 g/mol. The lowest BCUT2D eigenvalue weighted by Crippen LogP contribution is -1.99. The van der Waals surface area contributed by atoms with Gasteiger partial charge in [0.1, 0.15) is 23.2 Å². The van der Waals surface area contributed by atoms with Crippen molar-refractivity contribution < 1.29 is 14.3 Å². The summed E-state index contributed by atoms with van der Waals surface area (Å²) in [6.07, 6.45) is 4.01. The molecule has 1 saturated carbocycles. The second-order valence-corrected chi connectivity index (χ2v) is 7.10. The van der Waals surface area contributed by atoms with Crippen molar-refractivity contribution in [2.24, 2.45) is 5.92 Å². The van der Waals surface area contributed by atoms with Crippen molar-refractivity contribution in [2.45, 2.75) is 38.7 Å². The van der Waals surface area contributed by atoms with E-state index >= 15 is 0 Å². The van der Waals surface area contributed by atoms with Crippen LogP contribution in [0.25, 0.3) is 11.0 Å². The van der Waals surface area contributed by atoms with Crippen LogP contribution in [0, 0.1) is 5.92 Å². The first kappa shape index (κ1) is 16.2. The normalized spacial score (nSPS) is 15.4. The van der Waals surface area contributed by atoms with Gasteiger partial charge in [0.05, 0.1) is 6.61 Å². The molecule has 1 heterocycles. The van der Waals surface area contributed by atoms with Crippen LogP contribution in [0.5, 0.6) is 5.75 Å². The Kier molecular flexibility index (Phi) is 4.50. The molecule has 2 aromatic carbocycles. The fourth-order valence-electron chi connectivity index (χ4n) is 3.00. The molecule has 0 amide bonds. The summed E-state index contributed by atoms with van der Waals surface area (Å²) in [5.74, 6) is 2.37. The molecular weight excluding hydrogens is 312 g/mol. The molecule has 1 N–H and O–H groups in total. The third-order valence-electron chi connectivity index (χ3n) is 4.82. The second-order valence-electron chi connectivity index (χ2n) is 7.10. The average Bonchev–Trinajstić information content (AvgIpc) is 3.35. The van der Waals surface area contributed by atoms with Crippen LogP contribution in [0.3, 0.4) is 0 Å². The topological polar surface area (TPSA) is 42.6 Å². The van der Waals surface area contributed by atoms with E-state index in [0.717, 1.165) is 42.1 Å². The maximum Gasteiger partial charge on any atom is 0.134 e. The second kappa shape index (κ2) is 6.93. The molecule has 1 unspecified atom stereocenters. The zero-order valence-corrected chi connectivity index (χ0v) is 14.6. The maximum atomic E-state index is 9.64. The lowest BCUT2D eigenvalue weighted by molar-refractivity contribution is 0.172. The summed E-state index contributed by atoms with van der Waals surface area (Å²) >= 11 is 0. The first-order valence-electron chi connectivity index (χ1n) is 9.09. The Morgan fingerprint density at radius 3 is 2.48 bits per heavy atom. The number of benzene rings is 2. The largest absolute Gasteiger partial charge is 0.493 e.